The largest absolute Gasteiger partial charge is 0.377 e. The van der Waals surface area contributed by atoms with Crippen molar-refractivity contribution in [2.75, 3.05) is 39.3 Å². The highest BCUT2D eigenvalue weighted by atomic mass is 32.2. The van der Waals surface area contributed by atoms with Gasteiger partial charge in [-0.1, -0.05) is 30.0 Å². The minimum atomic E-state index is 0.125. The van der Waals surface area contributed by atoms with Crippen molar-refractivity contribution in [1.29, 1.82) is 0 Å². The lowest BCUT2D eigenvalue weighted by Crippen LogP contribution is -2.50. The number of carbonyl (C=O) groups is 1. The summed E-state index contributed by atoms with van der Waals surface area (Å²) in [6.07, 6.45) is 4.21. The number of carbonyl (C=O) groups excluding carboxylic acids is 1. The van der Waals surface area contributed by atoms with Crippen molar-refractivity contribution in [1.82, 2.24) is 25.0 Å². The second kappa shape index (κ2) is 8.86. The zero-order valence-electron chi connectivity index (χ0n) is 15.3. The summed E-state index contributed by atoms with van der Waals surface area (Å²) in [5.41, 5.74) is 1.82. The van der Waals surface area contributed by atoms with Crippen LogP contribution in [0.25, 0.3) is 0 Å². The zero-order chi connectivity index (χ0) is 18.5. The molecular formula is C19H25N5O2S. The molecule has 1 unspecified atom stereocenters. The Hall–Kier alpha value is -1.90. The predicted octanol–water partition coefficient (Wildman–Crippen LogP) is 2.03. The molecule has 1 amide bonds. The third-order valence-corrected chi connectivity index (χ3v) is 6.08. The van der Waals surface area contributed by atoms with E-state index in [9.17, 15) is 4.79 Å². The van der Waals surface area contributed by atoms with Gasteiger partial charge < -0.3 is 9.64 Å². The number of nitrogens with one attached hydrogen (secondary N) is 1. The molecule has 2 saturated heterocycles. The molecule has 7 nitrogen and oxygen atoms in total. The van der Waals surface area contributed by atoms with Crippen LogP contribution < -0.4 is 0 Å². The molecule has 0 spiro atoms. The van der Waals surface area contributed by atoms with Crippen molar-refractivity contribution in [2.45, 2.75) is 29.9 Å². The minimum absolute atomic E-state index is 0.125. The number of benzene rings is 1. The van der Waals surface area contributed by atoms with Crippen molar-refractivity contribution < 1.29 is 9.53 Å². The standard InChI is InChI=1S/C19H25N5O2S/c25-18(24-9-7-23(8-10-24)12-16-5-3-11-26-16)17-6-2-1-4-15(17)13-27-19-20-14-21-22-19/h1-2,4,6,14,16H,3,5,7-13H2,(H,20,21,22). The Morgan fingerprint density at radius 1 is 1.26 bits per heavy atom. The van der Waals surface area contributed by atoms with Crippen LogP contribution >= 0.6 is 11.8 Å². The normalized spacial score (nSPS) is 20.9. The van der Waals surface area contributed by atoms with E-state index in [1.165, 1.54) is 12.7 Å². The monoisotopic (exact) mass is 387 g/mol. The molecule has 0 bridgehead atoms. The van der Waals surface area contributed by atoms with Crippen LogP contribution in [0.3, 0.4) is 0 Å². The highest BCUT2D eigenvalue weighted by Gasteiger charge is 2.26. The first-order chi connectivity index (χ1) is 13.3. The summed E-state index contributed by atoms with van der Waals surface area (Å²) in [6.45, 7) is 5.27. The van der Waals surface area contributed by atoms with Gasteiger partial charge in [0, 0.05) is 50.6 Å². The number of H-pyrrole nitrogens is 1. The van der Waals surface area contributed by atoms with Gasteiger partial charge in [0.2, 0.25) is 0 Å². The Bertz CT molecular complexity index is 740. The van der Waals surface area contributed by atoms with E-state index in [1.54, 1.807) is 11.8 Å². The Labute approximate surface area is 163 Å². The van der Waals surface area contributed by atoms with Crippen molar-refractivity contribution in [3.8, 4) is 0 Å². The summed E-state index contributed by atoms with van der Waals surface area (Å²) in [6, 6.07) is 7.86. The molecule has 27 heavy (non-hydrogen) atoms. The van der Waals surface area contributed by atoms with E-state index >= 15 is 0 Å². The Kier molecular flexibility index (Phi) is 6.06. The van der Waals surface area contributed by atoms with Gasteiger partial charge >= 0.3 is 0 Å². The fourth-order valence-electron chi connectivity index (χ4n) is 3.64. The van der Waals surface area contributed by atoms with E-state index in [0.717, 1.165) is 62.0 Å². The van der Waals surface area contributed by atoms with Crippen LogP contribution in [0.15, 0.2) is 35.7 Å². The van der Waals surface area contributed by atoms with Gasteiger partial charge in [-0.3, -0.25) is 14.8 Å². The number of aromatic amines is 1. The number of piperazine rings is 1. The molecule has 3 heterocycles. The smallest absolute Gasteiger partial charge is 0.254 e. The molecule has 2 aromatic rings. The van der Waals surface area contributed by atoms with Gasteiger partial charge in [0.1, 0.15) is 6.33 Å². The summed E-state index contributed by atoms with van der Waals surface area (Å²) in [5, 5.41) is 7.47. The Balaban J connectivity index is 1.34. The number of thioether (sulfide) groups is 1. The van der Waals surface area contributed by atoms with Gasteiger partial charge in [-0.15, -0.1) is 0 Å². The molecule has 1 N–H and O–H groups in total. The molecule has 8 heteroatoms. The lowest BCUT2D eigenvalue weighted by molar-refractivity contribution is 0.0432. The van der Waals surface area contributed by atoms with Crippen LogP contribution in [0.4, 0.5) is 0 Å². The van der Waals surface area contributed by atoms with Crippen molar-refractivity contribution in [3.63, 3.8) is 0 Å². The number of rotatable bonds is 6. The van der Waals surface area contributed by atoms with E-state index in [1.807, 2.05) is 29.2 Å². The second-order valence-corrected chi connectivity index (χ2v) is 7.93. The first kappa shape index (κ1) is 18.5. The van der Waals surface area contributed by atoms with Crippen LogP contribution in [-0.4, -0.2) is 76.3 Å². The van der Waals surface area contributed by atoms with Gasteiger partial charge in [-0.05, 0) is 24.5 Å². The van der Waals surface area contributed by atoms with E-state index in [2.05, 4.69) is 20.1 Å². The summed E-state index contributed by atoms with van der Waals surface area (Å²) in [7, 11) is 0. The molecule has 2 aliphatic heterocycles. The maximum Gasteiger partial charge on any atom is 0.254 e. The highest BCUT2D eigenvalue weighted by Crippen LogP contribution is 2.23. The van der Waals surface area contributed by atoms with Crippen LogP contribution in [-0.2, 0) is 10.5 Å². The molecule has 2 aliphatic rings. The number of aromatic nitrogens is 3. The van der Waals surface area contributed by atoms with Crippen molar-refractivity contribution in [3.05, 3.63) is 41.7 Å². The number of nitrogens with zero attached hydrogens (tertiary/aromatic N) is 4. The van der Waals surface area contributed by atoms with E-state index < -0.39 is 0 Å². The average Bonchev–Trinajstić information content (AvgIpc) is 3.41. The van der Waals surface area contributed by atoms with Crippen LogP contribution in [0.5, 0.6) is 0 Å². The molecule has 4 rings (SSSR count). The lowest BCUT2D eigenvalue weighted by Gasteiger charge is -2.36. The van der Waals surface area contributed by atoms with Gasteiger partial charge in [0.15, 0.2) is 5.16 Å². The summed E-state index contributed by atoms with van der Waals surface area (Å²) in [4.78, 5) is 21.6. The highest BCUT2D eigenvalue weighted by molar-refractivity contribution is 7.98. The summed E-state index contributed by atoms with van der Waals surface area (Å²) in [5.74, 6) is 0.816. The van der Waals surface area contributed by atoms with Crippen molar-refractivity contribution >= 4 is 17.7 Å². The van der Waals surface area contributed by atoms with Gasteiger partial charge in [-0.25, -0.2) is 4.98 Å². The third-order valence-electron chi connectivity index (χ3n) is 5.15. The first-order valence-corrected chi connectivity index (χ1v) is 10.5. The van der Waals surface area contributed by atoms with Gasteiger partial charge in [-0.2, -0.15) is 5.10 Å². The van der Waals surface area contributed by atoms with E-state index in [4.69, 9.17) is 4.74 Å². The van der Waals surface area contributed by atoms with Crippen LogP contribution in [0.1, 0.15) is 28.8 Å². The number of amides is 1. The Morgan fingerprint density at radius 3 is 2.85 bits per heavy atom. The molecule has 0 saturated carbocycles. The fraction of sp³-hybridized carbons (Fsp3) is 0.526. The first-order valence-electron chi connectivity index (χ1n) is 9.49. The molecule has 2 fully saturated rings. The second-order valence-electron chi connectivity index (χ2n) is 6.96. The molecule has 0 aliphatic carbocycles. The summed E-state index contributed by atoms with van der Waals surface area (Å²) < 4.78 is 5.74. The summed E-state index contributed by atoms with van der Waals surface area (Å²) >= 11 is 1.55. The molecule has 1 atom stereocenters. The zero-order valence-corrected chi connectivity index (χ0v) is 16.2. The van der Waals surface area contributed by atoms with Gasteiger partial charge in [0.05, 0.1) is 6.10 Å². The predicted molar refractivity (Wildman–Crippen MR) is 104 cm³/mol. The van der Waals surface area contributed by atoms with Gasteiger partial charge in [0.25, 0.3) is 5.91 Å². The molecule has 144 valence electrons. The lowest BCUT2D eigenvalue weighted by atomic mass is 10.1. The maximum atomic E-state index is 13.1. The topological polar surface area (TPSA) is 74.4 Å². The van der Waals surface area contributed by atoms with Crippen LogP contribution in [0, 0.1) is 0 Å². The SMILES string of the molecule is O=C(c1ccccc1CSc1ncn[nH]1)N1CCN(CC2CCCO2)CC1. The molecule has 1 aromatic carbocycles. The molecular weight excluding hydrogens is 362 g/mol. The van der Waals surface area contributed by atoms with Crippen LogP contribution in [0.2, 0.25) is 0 Å². The third kappa shape index (κ3) is 4.69. The quantitative estimate of drug-likeness (QED) is 0.765. The fourth-order valence-corrected chi connectivity index (χ4v) is 4.43. The number of ether oxygens (including phenoxy) is 1. The van der Waals surface area contributed by atoms with E-state index in [0.29, 0.717) is 11.9 Å². The van der Waals surface area contributed by atoms with E-state index in [-0.39, 0.29) is 5.91 Å². The molecule has 1 aromatic heterocycles. The Morgan fingerprint density at radius 2 is 2.11 bits per heavy atom. The van der Waals surface area contributed by atoms with Crippen molar-refractivity contribution in [2.24, 2.45) is 0 Å². The maximum absolute atomic E-state index is 13.1. The molecule has 0 radical (unpaired) electrons. The average molecular weight is 388 g/mol. The minimum Gasteiger partial charge on any atom is -0.377 e. The number of hydrogen-bond donors (Lipinski definition) is 1. The number of hydrogen-bond acceptors (Lipinski definition) is 6.